The Balaban J connectivity index is 1.93. The molecule has 16 heavy (non-hydrogen) atoms. The van der Waals surface area contributed by atoms with Crippen LogP contribution in [0, 0.1) is 5.92 Å². The number of aromatic nitrogens is 1. The van der Waals surface area contributed by atoms with Gasteiger partial charge in [-0.1, -0.05) is 6.92 Å². The molecule has 0 amide bonds. The van der Waals surface area contributed by atoms with Crippen LogP contribution in [0.25, 0.3) is 0 Å². The molecule has 1 fully saturated rings. The molecule has 0 saturated heterocycles. The topological polar surface area (TPSA) is 24.9 Å². The largest absolute Gasteiger partial charge is 0.304 e. The molecule has 0 radical (unpaired) electrons. The van der Waals surface area contributed by atoms with Crippen LogP contribution in [0.2, 0.25) is 0 Å². The lowest BCUT2D eigenvalue weighted by Crippen LogP contribution is -2.45. The smallest absolute Gasteiger partial charge is 0.0794 e. The number of nitrogens with one attached hydrogen (secondary N) is 1. The quantitative estimate of drug-likeness (QED) is 0.867. The average molecular weight is 238 g/mol. The minimum atomic E-state index is 0.329. The highest BCUT2D eigenvalue weighted by Gasteiger charge is 2.30. The van der Waals surface area contributed by atoms with Crippen molar-refractivity contribution in [2.75, 3.05) is 0 Å². The van der Waals surface area contributed by atoms with Crippen molar-refractivity contribution in [1.29, 1.82) is 0 Å². The molecule has 0 spiro atoms. The normalized spacial score (nSPS) is 32.6. The van der Waals surface area contributed by atoms with Crippen LogP contribution in [-0.2, 0) is 0 Å². The van der Waals surface area contributed by atoms with Crippen LogP contribution in [0.4, 0.5) is 0 Å². The Bertz CT molecular complexity index is 313. The summed E-state index contributed by atoms with van der Waals surface area (Å²) in [5, 5.41) is 3.79. The van der Waals surface area contributed by atoms with Gasteiger partial charge in [-0.05, 0) is 45.4 Å². The first-order chi connectivity index (χ1) is 7.59. The zero-order valence-corrected chi connectivity index (χ0v) is 11.3. The molecule has 1 saturated carbocycles. The zero-order chi connectivity index (χ0) is 11.6. The van der Waals surface area contributed by atoms with Gasteiger partial charge < -0.3 is 5.32 Å². The van der Waals surface area contributed by atoms with Crippen LogP contribution in [0.1, 0.15) is 57.4 Å². The molecule has 3 heteroatoms. The first kappa shape index (κ1) is 12.1. The fourth-order valence-electron chi connectivity index (χ4n) is 2.58. The van der Waals surface area contributed by atoms with Crippen molar-refractivity contribution < 1.29 is 0 Å². The maximum absolute atomic E-state index is 4.15. The Morgan fingerprint density at radius 1 is 1.50 bits per heavy atom. The van der Waals surface area contributed by atoms with Gasteiger partial charge in [-0.25, -0.2) is 0 Å². The summed E-state index contributed by atoms with van der Waals surface area (Å²) in [7, 11) is 0. The maximum Gasteiger partial charge on any atom is 0.0794 e. The zero-order valence-electron chi connectivity index (χ0n) is 10.5. The number of thiazole rings is 1. The van der Waals surface area contributed by atoms with Crippen molar-refractivity contribution in [1.82, 2.24) is 10.3 Å². The highest BCUT2D eigenvalue weighted by molar-refractivity contribution is 7.09. The predicted octanol–water partition coefficient (Wildman–Crippen LogP) is 3.76. The third-order valence-electron chi connectivity index (χ3n) is 3.82. The molecule has 90 valence electrons. The van der Waals surface area contributed by atoms with E-state index in [0.29, 0.717) is 11.6 Å². The van der Waals surface area contributed by atoms with Crippen LogP contribution in [0.15, 0.2) is 11.7 Å². The molecular weight excluding hydrogens is 216 g/mol. The van der Waals surface area contributed by atoms with Crippen molar-refractivity contribution in [3.8, 4) is 0 Å². The minimum Gasteiger partial charge on any atom is -0.304 e. The summed E-state index contributed by atoms with van der Waals surface area (Å²) < 4.78 is 0. The molecule has 1 atom stereocenters. The molecule has 0 aromatic carbocycles. The predicted molar refractivity (Wildman–Crippen MR) is 69.7 cm³/mol. The standard InChI is InChI=1S/C13H22N2S/c1-10-4-6-13(3,7-5-10)15-11(2)12-8-14-9-16-12/h8-11,15H,4-7H2,1-3H3. The van der Waals surface area contributed by atoms with Crippen LogP contribution < -0.4 is 5.32 Å². The number of rotatable bonds is 3. The molecule has 1 aromatic heterocycles. The Labute approximate surface area is 102 Å². The van der Waals surface area contributed by atoms with Gasteiger partial charge >= 0.3 is 0 Å². The summed E-state index contributed by atoms with van der Waals surface area (Å²) in [6, 6.07) is 0.436. The first-order valence-corrected chi connectivity index (χ1v) is 7.13. The number of nitrogens with zero attached hydrogens (tertiary/aromatic N) is 1. The Kier molecular flexibility index (Phi) is 3.65. The van der Waals surface area contributed by atoms with Gasteiger partial charge in [-0.3, -0.25) is 4.98 Å². The van der Waals surface area contributed by atoms with E-state index in [1.54, 1.807) is 11.3 Å². The Morgan fingerprint density at radius 2 is 2.19 bits per heavy atom. The van der Waals surface area contributed by atoms with E-state index in [4.69, 9.17) is 0 Å². The van der Waals surface area contributed by atoms with Crippen molar-refractivity contribution in [3.05, 3.63) is 16.6 Å². The number of hydrogen-bond acceptors (Lipinski definition) is 3. The average Bonchev–Trinajstić information content (AvgIpc) is 2.76. The molecule has 1 N–H and O–H groups in total. The summed E-state index contributed by atoms with van der Waals surface area (Å²) >= 11 is 1.75. The van der Waals surface area contributed by atoms with Crippen LogP contribution >= 0.6 is 11.3 Å². The van der Waals surface area contributed by atoms with Gasteiger partial charge in [0, 0.05) is 22.7 Å². The second kappa shape index (κ2) is 4.84. The molecule has 2 nitrogen and oxygen atoms in total. The highest BCUT2D eigenvalue weighted by atomic mass is 32.1. The molecule has 1 unspecified atom stereocenters. The molecule has 2 rings (SSSR count). The van der Waals surface area contributed by atoms with E-state index in [-0.39, 0.29) is 0 Å². The van der Waals surface area contributed by atoms with Gasteiger partial charge in [0.1, 0.15) is 0 Å². The van der Waals surface area contributed by atoms with Gasteiger partial charge in [0.05, 0.1) is 5.51 Å². The Morgan fingerprint density at radius 3 is 2.75 bits per heavy atom. The van der Waals surface area contributed by atoms with Crippen LogP contribution in [-0.4, -0.2) is 10.5 Å². The van der Waals surface area contributed by atoms with E-state index in [1.165, 1.54) is 30.6 Å². The molecule has 1 aliphatic rings. The summed E-state index contributed by atoms with van der Waals surface area (Å²) in [4.78, 5) is 5.50. The van der Waals surface area contributed by atoms with Gasteiger partial charge in [-0.15, -0.1) is 11.3 Å². The van der Waals surface area contributed by atoms with E-state index in [2.05, 4.69) is 31.1 Å². The third-order valence-corrected chi connectivity index (χ3v) is 4.78. The van der Waals surface area contributed by atoms with E-state index in [0.717, 1.165) is 5.92 Å². The molecule has 0 bridgehead atoms. The second-order valence-electron chi connectivity index (χ2n) is 5.51. The summed E-state index contributed by atoms with van der Waals surface area (Å²) in [6.07, 6.45) is 7.31. The lowest BCUT2D eigenvalue weighted by Gasteiger charge is -2.39. The lowest BCUT2D eigenvalue weighted by atomic mass is 9.78. The van der Waals surface area contributed by atoms with E-state index < -0.39 is 0 Å². The van der Waals surface area contributed by atoms with E-state index >= 15 is 0 Å². The highest BCUT2D eigenvalue weighted by Crippen LogP contribution is 2.33. The van der Waals surface area contributed by atoms with Gasteiger partial charge in [-0.2, -0.15) is 0 Å². The van der Waals surface area contributed by atoms with Gasteiger partial charge in [0.25, 0.3) is 0 Å². The second-order valence-corrected chi connectivity index (χ2v) is 6.43. The van der Waals surface area contributed by atoms with Crippen molar-refractivity contribution in [3.63, 3.8) is 0 Å². The van der Waals surface area contributed by atoms with Crippen molar-refractivity contribution in [2.45, 2.75) is 58.0 Å². The summed E-state index contributed by atoms with van der Waals surface area (Å²) in [6.45, 7) is 6.99. The van der Waals surface area contributed by atoms with Crippen molar-refractivity contribution >= 4 is 11.3 Å². The fourth-order valence-corrected chi connectivity index (χ4v) is 3.21. The minimum absolute atomic E-state index is 0.329. The monoisotopic (exact) mass is 238 g/mol. The molecule has 1 aliphatic carbocycles. The Hall–Kier alpha value is -0.410. The number of hydrogen-bond donors (Lipinski definition) is 1. The first-order valence-electron chi connectivity index (χ1n) is 6.25. The fraction of sp³-hybridized carbons (Fsp3) is 0.769. The van der Waals surface area contributed by atoms with Crippen molar-refractivity contribution in [2.24, 2.45) is 5.92 Å². The molecule has 0 aliphatic heterocycles. The van der Waals surface area contributed by atoms with Gasteiger partial charge in [0.2, 0.25) is 0 Å². The molecule has 1 aromatic rings. The molecular formula is C13H22N2S. The SMILES string of the molecule is CC1CCC(C)(NC(C)c2cncs2)CC1. The molecule has 1 heterocycles. The van der Waals surface area contributed by atoms with Crippen LogP contribution in [0.3, 0.4) is 0 Å². The van der Waals surface area contributed by atoms with Crippen LogP contribution in [0.5, 0.6) is 0 Å². The summed E-state index contributed by atoms with van der Waals surface area (Å²) in [5.41, 5.74) is 2.24. The van der Waals surface area contributed by atoms with E-state index in [1.807, 2.05) is 11.7 Å². The maximum atomic E-state index is 4.15. The summed E-state index contributed by atoms with van der Waals surface area (Å²) in [5.74, 6) is 0.911. The lowest BCUT2D eigenvalue weighted by molar-refractivity contribution is 0.199. The van der Waals surface area contributed by atoms with Gasteiger partial charge in [0.15, 0.2) is 0 Å². The van der Waals surface area contributed by atoms with E-state index in [9.17, 15) is 0 Å². The third kappa shape index (κ3) is 2.83.